The fraction of sp³-hybridized carbons (Fsp3) is 0.458. The summed E-state index contributed by atoms with van der Waals surface area (Å²) < 4.78 is 30.6. The number of carboxylic acid groups (broad SMARTS) is 1. The SMILES string of the molecule is CC1(C)OB(c2ccc(N)nc2)OC1(C)C.CC1(C)OB(c2ccc(NC(=O)[C@@H]3CCCN3C(=O)Cc3ccccc3)nc2)OC1(C)C.O=C(O)[C@@H]1CCCN1C(=O)Cc1ccccc1.[2H][V]([I])[I]. The summed E-state index contributed by atoms with van der Waals surface area (Å²) >= 11 is 4.28. The van der Waals surface area contributed by atoms with E-state index >= 15 is 0 Å². The molecule has 0 aliphatic carbocycles. The Bertz CT molecular complexity index is 2310. The second-order valence-corrected chi connectivity index (χ2v) is 30.7. The van der Waals surface area contributed by atoms with Crippen molar-refractivity contribution in [2.75, 3.05) is 24.1 Å². The van der Waals surface area contributed by atoms with Crippen molar-refractivity contribution in [3.05, 3.63) is 108 Å². The van der Waals surface area contributed by atoms with Crippen LogP contribution in [-0.2, 0) is 60.0 Å². The molecule has 20 heteroatoms. The number of carboxylic acids is 1. The summed E-state index contributed by atoms with van der Waals surface area (Å²) in [6, 6.07) is 25.1. The van der Waals surface area contributed by atoms with Crippen molar-refractivity contribution >= 4 is 100 Å². The number of anilines is 2. The van der Waals surface area contributed by atoms with Crippen molar-refractivity contribution in [3.8, 4) is 0 Å². The quantitative estimate of drug-likeness (QED) is 0.125. The Labute approximate surface area is 431 Å². The van der Waals surface area contributed by atoms with Gasteiger partial charge < -0.3 is 44.6 Å². The van der Waals surface area contributed by atoms with Gasteiger partial charge in [0.25, 0.3) is 0 Å². The number of pyridine rings is 2. The summed E-state index contributed by atoms with van der Waals surface area (Å²) in [5, 5.41) is 11.9. The van der Waals surface area contributed by atoms with Gasteiger partial charge in [-0.1, -0.05) is 72.8 Å². The van der Waals surface area contributed by atoms with Crippen LogP contribution in [0.15, 0.2) is 97.3 Å². The molecule has 15 nitrogen and oxygen atoms in total. The molecule has 0 radical (unpaired) electrons. The molecule has 4 saturated heterocycles. The number of nitrogens with zero attached hydrogens (tertiary/aromatic N) is 4. The van der Waals surface area contributed by atoms with Gasteiger partial charge in [-0.3, -0.25) is 14.4 Å². The van der Waals surface area contributed by atoms with Crippen molar-refractivity contribution in [2.45, 2.75) is 128 Å². The molecule has 3 amide bonds. The number of amides is 3. The maximum atomic E-state index is 12.9. The molecule has 364 valence electrons. The van der Waals surface area contributed by atoms with E-state index in [0.29, 0.717) is 44.0 Å². The van der Waals surface area contributed by atoms with E-state index in [9.17, 15) is 19.2 Å². The van der Waals surface area contributed by atoms with Crippen LogP contribution in [0.5, 0.6) is 0 Å². The van der Waals surface area contributed by atoms with Gasteiger partial charge in [-0.05, 0) is 104 Å². The molecule has 6 heterocycles. The van der Waals surface area contributed by atoms with E-state index in [1.165, 1.54) is 4.90 Å². The molecule has 4 aliphatic heterocycles. The van der Waals surface area contributed by atoms with Gasteiger partial charge in [-0.2, -0.15) is 0 Å². The van der Waals surface area contributed by atoms with Crippen LogP contribution in [0, 0.1) is 0 Å². The molecule has 0 spiro atoms. The number of aromatic nitrogens is 2. The Morgan fingerprint density at radius 1 is 0.691 bits per heavy atom. The zero-order valence-corrected chi connectivity index (χ0v) is 45.7. The summed E-state index contributed by atoms with van der Waals surface area (Å²) in [5.41, 5.74) is 7.60. The first-order valence-corrected chi connectivity index (χ1v) is 31.6. The van der Waals surface area contributed by atoms with E-state index in [1.54, 1.807) is 29.4 Å². The second-order valence-electron chi connectivity index (χ2n) is 18.9. The number of likely N-dealkylation sites (tertiary alicyclic amines) is 2. The third kappa shape index (κ3) is 14.7. The van der Waals surface area contributed by atoms with Crippen molar-refractivity contribution in [2.24, 2.45) is 0 Å². The Morgan fingerprint density at radius 3 is 1.47 bits per heavy atom. The van der Waals surface area contributed by atoms with Crippen LogP contribution >= 0.6 is 40.0 Å². The molecule has 68 heavy (non-hydrogen) atoms. The standard InChI is InChI=1S/C24H30BN3O4.C13H15NO3.C11H17BN2O2.2HI.V.H/c1-23(2)24(3,4)32-25(31-23)18-12-13-20(26-16-18)27-22(30)19-11-8-14-28(19)21(29)15-17-9-6-5-7-10-17;15-12(9-10-5-2-1-3-6-10)14-8-4-7-11(14)13(16)17;1-10(2)11(3,4)16-12(15-10)8-5-6-9(13)14-7-8;;;;/h5-7,9-10,12-13,16,19H,8,11,14-15H2,1-4H3,(H,26,27,30);1-3,5-6,11H,4,7-9H2,(H,16,17);5-7H,1-4H3,(H2,13,14);2*1H;;/q;;;;;+2;/p-2/t19-;11-;;;;;/m00...../s1/i;;;;;;1+1. The maximum absolute atomic E-state index is 12.9. The molecule has 4 N–H and O–H groups in total. The van der Waals surface area contributed by atoms with Crippen LogP contribution in [0.4, 0.5) is 11.6 Å². The van der Waals surface area contributed by atoms with Crippen LogP contribution < -0.4 is 22.0 Å². The number of hydrogen-bond acceptors (Lipinski definition) is 11. The van der Waals surface area contributed by atoms with Crippen LogP contribution in [0.2, 0.25) is 0 Å². The first-order valence-electron chi connectivity index (χ1n) is 23.0. The Morgan fingerprint density at radius 2 is 1.09 bits per heavy atom. The van der Waals surface area contributed by atoms with Gasteiger partial charge in [0.1, 0.15) is 23.7 Å². The van der Waals surface area contributed by atoms with Crippen LogP contribution in [0.3, 0.4) is 0 Å². The van der Waals surface area contributed by atoms with Gasteiger partial charge in [-0.25, -0.2) is 14.8 Å². The number of halogens is 2. The Balaban J connectivity index is 0.000000202. The van der Waals surface area contributed by atoms with Crippen LogP contribution in [-0.4, -0.2) is 111 Å². The minimum absolute atomic E-state index is 0.0297. The topological polar surface area (TPSA) is 196 Å². The number of nitrogens with one attached hydrogen (secondary N) is 1. The zero-order valence-electron chi connectivity index (χ0n) is 41.0. The summed E-state index contributed by atoms with van der Waals surface area (Å²) in [5.74, 6) is -0.291. The summed E-state index contributed by atoms with van der Waals surface area (Å²) in [6.07, 6.45) is 6.73. The second kappa shape index (κ2) is 24.5. The molecular formula is C48H63B2I2N6O9V. The molecule has 4 fully saturated rings. The molecular weight excluding hydrogens is 1130 g/mol. The van der Waals surface area contributed by atoms with E-state index in [0.717, 1.165) is 34.9 Å². The third-order valence-corrected chi connectivity index (χ3v) is 13.0. The number of nitrogens with two attached hydrogens (primary N) is 1. The van der Waals surface area contributed by atoms with Gasteiger partial charge in [0, 0.05) is 36.4 Å². The van der Waals surface area contributed by atoms with Crippen molar-refractivity contribution in [1.29, 1.82) is 0.879 Å². The molecule has 8 rings (SSSR count). The van der Waals surface area contributed by atoms with Gasteiger partial charge >= 0.3 is 70.4 Å². The van der Waals surface area contributed by atoms with E-state index in [4.69, 9.17) is 30.3 Å². The summed E-state index contributed by atoms with van der Waals surface area (Å²) in [7, 11) is -1.86. The number of nitrogen functional groups attached to an aromatic ring is 1. The van der Waals surface area contributed by atoms with Crippen molar-refractivity contribution in [1.82, 2.24) is 19.8 Å². The number of benzene rings is 2. The average molecular weight is 1200 g/mol. The van der Waals surface area contributed by atoms with Crippen LogP contribution in [0.1, 0.15) is 92.2 Å². The van der Waals surface area contributed by atoms with Gasteiger partial charge in [-0.15, -0.1) is 0 Å². The minimum atomic E-state index is -0.998. The fourth-order valence-corrected chi connectivity index (χ4v) is 7.75. The molecule has 0 unspecified atom stereocenters. The van der Waals surface area contributed by atoms with Crippen molar-refractivity contribution in [3.63, 3.8) is 0 Å². The zero-order chi connectivity index (χ0) is 50.7. The predicted octanol–water partition coefficient (Wildman–Crippen LogP) is 6.32. The van der Waals surface area contributed by atoms with E-state index in [1.807, 2.05) is 128 Å². The number of aliphatic carboxylic acids is 1. The molecule has 2 aromatic carbocycles. The predicted molar refractivity (Wildman–Crippen MR) is 280 cm³/mol. The molecule has 4 aliphatic rings. The van der Waals surface area contributed by atoms with Crippen molar-refractivity contribution < 1.29 is 52.2 Å². The summed E-state index contributed by atoms with van der Waals surface area (Å²) in [4.78, 5) is 60.2. The van der Waals surface area contributed by atoms with E-state index < -0.39 is 45.7 Å². The molecule has 2 atom stereocenters. The molecule has 0 saturated carbocycles. The third-order valence-electron chi connectivity index (χ3n) is 13.0. The number of hydrogen-bond donors (Lipinski definition) is 3. The Hall–Kier alpha value is -3.57. The molecule has 2 aromatic heterocycles. The van der Waals surface area contributed by atoms with Gasteiger partial charge in [0.2, 0.25) is 17.7 Å². The number of carbonyl (C=O) groups is 4. The first kappa shape index (κ1) is 53.8. The van der Waals surface area contributed by atoms with E-state index in [-0.39, 0.29) is 42.5 Å². The van der Waals surface area contributed by atoms with E-state index in [2.05, 4.69) is 55.2 Å². The van der Waals surface area contributed by atoms with Crippen LogP contribution in [0.25, 0.3) is 0 Å². The summed E-state index contributed by atoms with van der Waals surface area (Å²) in [6.45, 7) is 17.3. The normalized spacial score (nSPS) is 20.8. The number of rotatable bonds is 9. The molecule has 4 aromatic rings. The Kier molecular flexibility index (Phi) is 19.4. The first-order chi connectivity index (χ1) is 32.4. The van der Waals surface area contributed by atoms with Gasteiger partial charge in [0.05, 0.1) is 35.2 Å². The van der Waals surface area contributed by atoms with Gasteiger partial charge in [0.15, 0.2) is 0 Å². The average Bonchev–Trinajstić information content (AvgIpc) is 4.07. The monoisotopic (exact) mass is 1200 g/mol. The number of carbonyl (C=O) groups excluding carboxylic acids is 3. The fourth-order valence-electron chi connectivity index (χ4n) is 7.75. The molecule has 0 bridgehead atoms.